The molecular weight excluding hydrogens is 384 g/mol. The predicted molar refractivity (Wildman–Crippen MR) is 118 cm³/mol. The number of thiophene rings is 1. The van der Waals surface area contributed by atoms with E-state index in [2.05, 4.69) is 45.5 Å². The van der Waals surface area contributed by atoms with Gasteiger partial charge in [0.1, 0.15) is 10.7 Å². The van der Waals surface area contributed by atoms with Crippen molar-refractivity contribution in [2.45, 2.75) is 40.2 Å². The molecule has 0 aromatic carbocycles. The minimum atomic E-state index is 0.00368. The Morgan fingerprint density at radius 2 is 1.93 bits per heavy atom. The summed E-state index contributed by atoms with van der Waals surface area (Å²) in [7, 11) is 0. The van der Waals surface area contributed by atoms with Crippen molar-refractivity contribution >= 4 is 27.5 Å². The van der Waals surface area contributed by atoms with E-state index >= 15 is 0 Å². The molecule has 3 aromatic heterocycles. The molecule has 1 aliphatic rings. The van der Waals surface area contributed by atoms with Gasteiger partial charge in [-0.05, 0) is 30.9 Å². The van der Waals surface area contributed by atoms with Gasteiger partial charge in [-0.15, -0.1) is 11.3 Å². The van der Waals surface area contributed by atoms with Crippen molar-refractivity contribution in [2.24, 2.45) is 5.92 Å². The number of piperazine rings is 1. The third kappa shape index (κ3) is 4.33. The first-order valence-electron chi connectivity index (χ1n) is 10.3. The molecule has 0 saturated carbocycles. The topological polar surface area (TPSA) is 78.0 Å². The summed E-state index contributed by atoms with van der Waals surface area (Å²) in [6, 6.07) is 1.83. The lowest BCUT2D eigenvalue weighted by molar-refractivity contribution is 0.243. The Labute approximate surface area is 174 Å². The minimum Gasteiger partial charge on any atom is -0.338 e. The highest BCUT2D eigenvalue weighted by Gasteiger charge is 2.21. The maximum Gasteiger partial charge on any atom is 0.259 e. The summed E-state index contributed by atoms with van der Waals surface area (Å²) in [6.07, 6.45) is 5.60. The Hall–Kier alpha value is -2.32. The molecule has 0 aliphatic carbocycles. The Bertz CT molecular complexity index is 1020. The molecule has 154 valence electrons. The summed E-state index contributed by atoms with van der Waals surface area (Å²) in [5.41, 5.74) is 1.18. The molecule has 29 heavy (non-hydrogen) atoms. The van der Waals surface area contributed by atoms with Crippen LogP contribution < -0.4 is 10.5 Å². The first kappa shape index (κ1) is 20.0. The van der Waals surface area contributed by atoms with E-state index in [0.29, 0.717) is 12.5 Å². The van der Waals surface area contributed by atoms with E-state index in [1.165, 1.54) is 10.4 Å². The zero-order chi connectivity index (χ0) is 20.4. The van der Waals surface area contributed by atoms with Gasteiger partial charge in [-0.2, -0.15) is 0 Å². The fourth-order valence-corrected chi connectivity index (χ4v) is 4.88. The van der Waals surface area contributed by atoms with Gasteiger partial charge in [-0.1, -0.05) is 20.3 Å². The number of aryl methyl sites for hydroxylation is 1. The third-order valence-corrected chi connectivity index (χ3v) is 6.78. The molecule has 1 fully saturated rings. The van der Waals surface area contributed by atoms with Crippen LogP contribution in [0, 0.1) is 12.8 Å². The quantitative estimate of drug-likeness (QED) is 0.671. The van der Waals surface area contributed by atoms with Gasteiger partial charge < -0.3 is 9.88 Å². The van der Waals surface area contributed by atoms with Gasteiger partial charge in [-0.3, -0.25) is 9.69 Å². The fraction of sp³-hybridized carbons (Fsp3) is 0.524. The van der Waals surface area contributed by atoms with Crippen LogP contribution in [0.25, 0.3) is 10.2 Å². The Morgan fingerprint density at radius 1 is 1.21 bits per heavy atom. The average Bonchev–Trinajstić information content (AvgIpc) is 3.04. The lowest BCUT2D eigenvalue weighted by Gasteiger charge is -2.34. The van der Waals surface area contributed by atoms with Crippen molar-refractivity contribution in [3.63, 3.8) is 0 Å². The maximum atomic E-state index is 12.9. The summed E-state index contributed by atoms with van der Waals surface area (Å²) in [4.78, 5) is 36.0. The average molecular weight is 413 g/mol. The van der Waals surface area contributed by atoms with Crippen LogP contribution in [-0.2, 0) is 13.0 Å². The van der Waals surface area contributed by atoms with Crippen LogP contribution in [0.5, 0.6) is 0 Å². The maximum absolute atomic E-state index is 12.9. The standard InChI is InChI=1S/C21H28N6OS/c1-4-14(2)12-16-15(3)29-20-18(16)19(28)24-17(25-20)13-26-8-10-27(11-9-26)21-22-6-5-7-23-21/h5-7,14H,4,8-13H2,1-3H3,(H,24,25,28)/t14-/m0/s1. The van der Waals surface area contributed by atoms with Crippen molar-refractivity contribution in [3.05, 3.63) is 45.1 Å². The second-order valence-corrected chi connectivity index (χ2v) is 9.06. The second-order valence-electron chi connectivity index (χ2n) is 7.86. The molecule has 4 heterocycles. The van der Waals surface area contributed by atoms with E-state index in [4.69, 9.17) is 4.98 Å². The molecule has 1 N–H and O–H groups in total. The van der Waals surface area contributed by atoms with E-state index in [1.54, 1.807) is 23.7 Å². The van der Waals surface area contributed by atoms with Crippen LogP contribution >= 0.6 is 11.3 Å². The van der Waals surface area contributed by atoms with Gasteiger partial charge in [0.25, 0.3) is 5.56 Å². The van der Waals surface area contributed by atoms with E-state index in [1.807, 2.05) is 6.07 Å². The number of fused-ring (bicyclic) bond motifs is 1. The number of rotatable bonds is 6. The summed E-state index contributed by atoms with van der Waals surface area (Å²) >= 11 is 1.64. The Morgan fingerprint density at radius 3 is 2.62 bits per heavy atom. The van der Waals surface area contributed by atoms with Gasteiger partial charge in [0.05, 0.1) is 11.9 Å². The Kier molecular flexibility index (Phi) is 5.91. The molecule has 8 heteroatoms. The van der Waals surface area contributed by atoms with E-state index in [0.717, 1.165) is 61.0 Å². The van der Waals surface area contributed by atoms with Crippen LogP contribution in [0.3, 0.4) is 0 Å². The third-order valence-electron chi connectivity index (χ3n) is 5.74. The molecule has 0 bridgehead atoms. The molecule has 1 aliphatic heterocycles. The van der Waals surface area contributed by atoms with Crippen LogP contribution in [0.2, 0.25) is 0 Å². The van der Waals surface area contributed by atoms with Crippen LogP contribution in [0.1, 0.15) is 36.5 Å². The van der Waals surface area contributed by atoms with Gasteiger partial charge >= 0.3 is 0 Å². The van der Waals surface area contributed by atoms with E-state index < -0.39 is 0 Å². The highest BCUT2D eigenvalue weighted by Crippen LogP contribution is 2.29. The largest absolute Gasteiger partial charge is 0.338 e. The lowest BCUT2D eigenvalue weighted by Crippen LogP contribution is -2.46. The predicted octanol–water partition coefficient (Wildman–Crippen LogP) is 2.99. The molecule has 0 radical (unpaired) electrons. The van der Waals surface area contributed by atoms with E-state index in [9.17, 15) is 4.79 Å². The van der Waals surface area contributed by atoms with Gasteiger partial charge in [0, 0.05) is 43.4 Å². The van der Waals surface area contributed by atoms with Gasteiger partial charge in [0.15, 0.2) is 0 Å². The number of aromatic nitrogens is 4. The minimum absolute atomic E-state index is 0.00368. The van der Waals surface area contributed by atoms with Crippen molar-refractivity contribution < 1.29 is 0 Å². The number of hydrogen-bond donors (Lipinski definition) is 1. The molecule has 7 nitrogen and oxygen atoms in total. The van der Waals surface area contributed by atoms with Crippen LogP contribution in [0.15, 0.2) is 23.3 Å². The van der Waals surface area contributed by atoms with Gasteiger partial charge in [0.2, 0.25) is 5.95 Å². The molecule has 3 aromatic rings. The fourth-order valence-electron chi connectivity index (χ4n) is 3.81. The molecule has 1 saturated heterocycles. The first-order chi connectivity index (χ1) is 14.0. The van der Waals surface area contributed by atoms with Crippen molar-refractivity contribution in [1.82, 2.24) is 24.8 Å². The number of H-pyrrole nitrogens is 1. The summed E-state index contributed by atoms with van der Waals surface area (Å²) in [5.74, 6) is 2.10. The number of hydrogen-bond acceptors (Lipinski definition) is 7. The summed E-state index contributed by atoms with van der Waals surface area (Å²) in [5, 5.41) is 0.794. The summed E-state index contributed by atoms with van der Waals surface area (Å²) in [6.45, 7) is 10.7. The van der Waals surface area contributed by atoms with Crippen LogP contribution in [0.4, 0.5) is 5.95 Å². The van der Waals surface area contributed by atoms with Crippen molar-refractivity contribution in [1.29, 1.82) is 0 Å². The molecular formula is C21H28N6OS. The monoisotopic (exact) mass is 412 g/mol. The normalized spacial score (nSPS) is 16.4. The highest BCUT2D eigenvalue weighted by molar-refractivity contribution is 7.18. The summed E-state index contributed by atoms with van der Waals surface area (Å²) < 4.78 is 0. The molecule has 0 unspecified atom stereocenters. The second kappa shape index (κ2) is 8.59. The zero-order valence-corrected chi connectivity index (χ0v) is 18.1. The van der Waals surface area contributed by atoms with Crippen LogP contribution in [-0.4, -0.2) is 51.0 Å². The number of nitrogens with zero attached hydrogens (tertiary/aromatic N) is 5. The number of anilines is 1. The van der Waals surface area contributed by atoms with Crippen molar-refractivity contribution in [2.75, 3.05) is 31.1 Å². The SMILES string of the molecule is CC[C@H](C)Cc1c(C)sc2nc(CN3CCN(c4ncccn4)CC3)[nH]c(=O)c12. The van der Waals surface area contributed by atoms with E-state index in [-0.39, 0.29) is 5.56 Å². The lowest BCUT2D eigenvalue weighted by atomic mass is 9.98. The molecule has 4 rings (SSSR count). The Balaban J connectivity index is 1.47. The number of nitrogens with one attached hydrogen (secondary N) is 1. The zero-order valence-electron chi connectivity index (χ0n) is 17.3. The number of aromatic amines is 1. The molecule has 0 spiro atoms. The first-order valence-corrected chi connectivity index (χ1v) is 11.1. The highest BCUT2D eigenvalue weighted by atomic mass is 32.1. The molecule has 0 amide bonds. The smallest absolute Gasteiger partial charge is 0.259 e. The van der Waals surface area contributed by atoms with Gasteiger partial charge in [-0.25, -0.2) is 15.0 Å². The van der Waals surface area contributed by atoms with Crippen molar-refractivity contribution in [3.8, 4) is 0 Å². The molecule has 1 atom stereocenters.